The average Bonchev–Trinajstić information content (AvgIpc) is 3.35. The number of benzene rings is 1. The molecule has 1 saturated heterocycles. The SMILES string of the molecule is C[C@H]1CO[C@@H](c2ccccc2Cl)CN1Cc1nnc(C2CC2)n1C. The number of hydrogen-bond acceptors (Lipinski definition) is 4. The van der Waals surface area contributed by atoms with Crippen LogP contribution in [0.1, 0.15) is 49.0 Å². The molecule has 1 aromatic carbocycles. The van der Waals surface area contributed by atoms with Crippen molar-refractivity contribution in [3.8, 4) is 0 Å². The third kappa shape index (κ3) is 3.08. The fraction of sp³-hybridized carbons (Fsp3) is 0.556. The Bertz CT molecular complexity index is 728. The molecule has 1 aliphatic carbocycles. The molecule has 2 aliphatic rings. The van der Waals surface area contributed by atoms with Crippen LogP contribution in [0.2, 0.25) is 5.02 Å². The van der Waals surface area contributed by atoms with Crippen LogP contribution in [0, 0.1) is 0 Å². The van der Waals surface area contributed by atoms with Gasteiger partial charge in [0.2, 0.25) is 0 Å². The Morgan fingerprint density at radius 1 is 1.25 bits per heavy atom. The van der Waals surface area contributed by atoms with Gasteiger partial charge in [0.1, 0.15) is 11.6 Å². The van der Waals surface area contributed by atoms with Gasteiger partial charge in [0.15, 0.2) is 0 Å². The van der Waals surface area contributed by atoms with Crippen molar-refractivity contribution in [3.05, 3.63) is 46.5 Å². The van der Waals surface area contributed by atoms with Gasteiger partial charge in [0.25, 0.3) is 0 Å². The van der Waals surface area contributed by atoms with Crippen LogP contribution in [0.3, 0.4) is 0 Å². The fourth-order valence-corrected chi connectivity index (χ4v) is 3.60. The van der Waals surface area contributed by atoms with Crippen molar-refractivity contribution in [2.75, 3.05) is 13.2 Å². The van der Waals surface area contributed by atoms with Crippen LogP contribution in [-0.4, -0.2) is 38.9 Å². The lowest BCUT2D eigenvalue weighted by Gasteiger charge is -2.38. The molecule has 5 nitrogen and oxygen atoms in total. The van der Waals surface area contributed by atoms with Gasteiger partial charge in [-0.1, -0.05) is 29.8 Å². The molecule has 128 valence electrons. The summed E-state index contributed by atoms with van der Waals surface area (Å²) >= 11 is 6.35. The van der Waals surface area contributed by atoms with E-state index < -0.39 is 0 Å². The molecular formula is C18H23ClN4O. The topological polar surface area (TPSA) is 43.2 Å². The Kier molecular flexibility index (Phi) is 4.33. The Balaban J connectivity index is 1.50. The first-order chi connectivity index (χ1) is 11.6. The Hall–Kier alpha value is -1.43. The number of nitrogens with zero attached hydrogens (tertiary/aromatic N) is 4. The smallest absolute Gasteiger partial charge is 0.146 e. The predicted octanol–water partition coefficient (Wildman–Crippen LogP) is 3.31. The van der Waals surface area contributed by atoms with Crippen LogP contribution in [-0.2, 0) is 18.3 Å². The minimum Gasteiger partial charge on any atom is -0.371 e. The van der Waals surface area contributed by atoms with E-state index in [-0.39, 0.29) is 6.10 Å². The molecule has 2 atom stereocenters. The van der Waals surface area contributed by atoms with E-state index in [0.29, 0.717) is 18.6 Å². The zero-order chi connectivity index (χ0) is 16.7. The summed E-state index contributed by atoms with van der Waals surface area (Å²) in [5.74, 6) is 2.78. The minimum absolute atomic E-state index is 0.00558. The highest BCUT2D eigenvalue weighted by atomic mass is 35.5. The molecule has 6 heteroatoms. The number of rotatable bonds is 4. The molecule has 2 fully saturated rings. The van der Waals surface area contributed by atoms with E-state index in [4.69, 9.17) is 16.3 Å². The van der Waals surface area contributed by atoms with Crippen LogP contribution in [0.4, 0.5) is 0 Å². The molecule has 1 aromatic heterocycles. The molecule has 1 aliphatic heterocycles. The molecule has 2 aromatic rings. The highest BCUT2D eigenvalue weighted by Gasteiger charge is 2.32. The second-order valence-corrected chi connectivity index (χ2v) is 7.34. The second kappa shape index (κ2) is 6.47. The molecule has 0 unspecified atom stereocenters. The number of aromatic nitrogens is 3. The monoisotopic (exact) mass is 346 g/mol. The first-order valence-corrected chi connectivity index (χ1v) is 8.99. The van der Waals surface area contributed by atoms with Crippen molar-refractivity contribution in [2.45, 2.75) is 44.4 Å². The minimum atomic E-state index is 0.00558. The molecule has 2 heterocycles. The predicted molar refractivity (Wildman–Crippen MR) is 93.0 cm³/mol. The van der Waals surface area contributed by atoms with Gasteiger partial charge in [-0.15, -0.1) is 10.2 Å². The molecule has 24 heavy (non-hydrogen) atoms. The van der Waals surface area contributed by atoms with Gasteiger partial charge in [-0.25, -0.2) is 0 Å². The molecule has 0 bridgehead atoms. The van der Waals surface area contributed by atoms with Gasteiger partial charge in [-0.05, 0) is 25.8 Å². The van der Waals surface area contributed by atoms with Gasteiger partial charge in [-0.3, -0.25) is 4.90 Å². The first kappa shape index (κ1) is 16.1. The third-order valence-corrected chi connectivity index (χ3v) is 5.44. The highest BCUT2D eigenvalue weighted by molar-refractivity contribution is 6.31. The summed E-state index contributed by atoms with van der Waals surface area (Å²) in [6.45, 7) is 4.50. The molecule has 0 N–H and O–H groups in total. The molecule has 1 saturated carbocycles. The van der Waals surface area contributed by atoms with Crippen molar-refractivity contribution < 1.29 is 4.74 Å². The highest BCUT2D eigenvalue weighted by Crippen LogP contribution is 2.39. The maximum Gasteiger partial charge on any atom is 0.146 e. The first-order valence-electron chi connectivity index (χ1n) is 8.61. The van der Waals surface area contributed by atoms with Crippen LogP contribution < -0.4 is 0 Å². The lowest BCUT2D eigenvalue weighted by Crippen LogP contribution is -2.44. The summed E-state index contributed by atoms with van der Waals surface area (Å²) in [7, 11) is 2.08. The maximum atomic E-state index is 6.35. The van der Waals surface area contributed by atoms with E-state index in [1.807, 2.05) is 18.2 Å². The third-order valence-electron chi connectivity index (χ3n) is 5.10. The van der Waals surface area contributed by atoms with E-state index in [1.165, 1.54) is 12.8 Å². The van der Waals surface area contributed by atoms with E-state index in [2.05, 4.69) is 39.7 Å². The number of ether oxygens (including phenoxy) is 1. The van der Waals surface area contributed by atoms with E-state index in [1.54, 1.807) is 0 Å². The summed E-state index contributed by atoms with van der Waals surface area (Å²) < 4.78 is 8.21. The van der Waals surface area contributed by atoms with Gasteiger partial charge in [0.05, 0.1) is 19.3 Å². The van der Waals surface area contributed by atoms with Crippen LogP contribution >= 0.6 is 11.6 Å². The van der Waals surface area contributed by atoms with Crippen LogP contribution in [0.25, 0.3) is 0 Å². The summed E-state index contributed by atoms with van der Waals surface area (Å²) in [6.07, 6.45) is 2.49. The van der Waals surface area contributed by atoms with Gasteiger partial charge < -0.3 is 9.30 Å². The quantitative estimate of drug-likeness (QED) is 0.852. The van der Waals surface area contributed by atoms with Crippen molar-refractivity contribution in [1.82, 2.24) is 19.7 Å². The molecular weight excluding hydrogens is 324 g/mol. The maximum absolute atomic E-state index is 6.35. The van der Waals surface area contributed by atoms with Gasteiger partial charge >= 0.3 is 0 Å². The molecule has 4 rings (SSSR count). The van der Waals surface area contributed by atoms with Crippen LogP contribution in [0.5, 0.6) is 0 Å². The zero-order valence-electron chi connectivity index (χ0n) is 14.2. The van der Waals surface area contributed by atoms with E-state index in [9.17, 15) is 0 Å². The Morgan fingerprint density at radius 2 is 2.04 bits per heavy atom. The number of hydrogen-bond donors (Lipinski definition) is 0. The van der Waals surface area contributed by atoms with E-state index in [0.717, 1.165) is 35.3 Å². The van der Waals surface area contributed by atoms with Crippen molar-refractivity contribution in [2.24, 2.45) is 7.05 Å². The second-order valence-electron chi connectivity index (χ2n) is 6.93. The molecule has 0 amide bonds. The van der Waals surface area contributed by atoms with Gasteiger partial charge in [0, 0.05) is 36.1 Å². The summed E-state index contributed by atoms with van der Waals surface area (Å²) in [6, 6.07) is 8.29. The van der Waals surface area contributed by atoms with Crippen molar-refractivity contribution in [3.63, 3.8) is 0 Å². The number of halogens is 1. The summed E-state index contributed by atoms with van der Waals surface area (Å²) in [5.41, 5.74) is 1.06. The Labute approximate surface area is 147 Å². The summed E-state index contributed by atoms with van der Waals surface area (Å²) in [4.78, 5) is 2.41. The van der Waals surface area contributed by atoms with Crippen molar-refractivity contribution in [1.29, 1.82) is 0 Å². The zero-order valence-corrected chi connectivity index (χ0v) is 14.9. The standard InChI is InChI=1S/C18H23ClN4O/c1-12-11-24-16(14-5-3-4-6-15(14)19)9-23(12)10-17-20-21-18(22(17)2)13-7-8-13/h3-6,12-13,16H,7-11H2,1-2H3/t12-,16+/m0/s1. The lowest BCUT2D eigenvalue weighted by molar-refractivity contribution is -0.0643. The average molecular weight is 347 g/mol. The van der Waals surface area contributed by atoms with E-state index >= 15 is 0 Å². The largest absolute Gasteiger partial charge is 0.371 e. The molecule has 0 spiro atoms. The van der Waals surface area contributed by atoms with Gasteiger partial charge in [-0.2, -0.15) is 0 Å². The van der Waals surface area contributed by atoms with Crippen LogP contribution in [0.15, 0.2) is 24.3 Å². The lowest BCUT2D eigenvalue weighted by atomic mass is 10.1. The molecule has 0 radical (unpaired) electrons. The number of morpholine rings is 1. The summed E-state index contributed by atoms with van der Waals surface area (Å²) in [5, 5.41) is 9.59. The van der Waals surface area contributed by atoms with Crippen molar-refractivity contribution >= 4 is 11.6 Å². The normalized spacial score (nSPS) is 25.1. The fourth-order valence-electron chi connectivity index (χ4n) is 3.34. The Morgan fingerprint density at radius 3 is 2.79 bits per heavy atom.